The molecule has 4 N–H and O–H groups in total. The summed E-state index contributed by atoms with van der Waals surface area (Å²) in [6, 6.07) is 1.82. The van der Waals surface area contributed by atoms with Crippen LogP contribution in [0.15, 0.2) is 29.7 Å². The van der Waals surface area contributed by atoms with Crippen LogP contribution in [0.3, 0.4) is 0 Å². The molecule has 0 unspecified atom stereocenters. The van der Waals surface area contributed by atoms with Gasteiger partial charge in [-0.2, -0.15) is 5.10 Å². The van der Waals surface area contributed by atoms with Crippen LogP contribution >= 0.6 is 0 Å². The summed E-state index contributed by atoms with van der Waals surface area (Å²) in [4.78, 5) is 3.97. The van der Waals surface area contributed by atoms with Crippen molar-refractivity contribution in [3.05, 3.63) is 41.3 Å². The fourth-order valence-corrected chi connectivity index (χ4v) is 2.75. The molecule has 102 valence electrons. The minimum atomic E-state index is -3.65. The summed E-state index contributed by atoms with van der Waals surface area (Å²) in [6.45, 7) is 2.18. The smallest absolute Gasteiger partial charge is 0.258 e. The van der Waals surface area contributed by atoms with E-state index in [2.05, 4.69) is 19.9 Å². The van der Waals surface area contributed by atoms with Crippen LogP contribution in [-0.4, -0.2) is 23.6 Å². The highest BCUT2D eigenvalue weighted by molar-refractivity contribution is 7.89. The minimum Gasteiger partial charge on any atom is -0.326 e. The first kappa shape index (κ1) is 13.7. The number of hydrogen-bond acceptors (Lipinski definition) is 5. The number of hydrogen-bond donors (Lipinski definition) is 3. The normalized spacial score (nSPS) is 11.7. The summed E-state index contributed by atoms with van der Waals surface area (Å²) in [5.74, 6) is 0. The molecule has 0 aliphatic heterocycles. The molecule has 19 heavy (non-hydrogen) atoms. The number of aryl methyl sites for hydroxylation is 1. The lowest BCUT2D eigenvalue weighted by molar-refractivity contribution is 0.575. The number of aromatic nitrogens is 3. The molecule has 0 spiro atoms. The zero-order valence-corrected chi connectivity index (χ0v) is 11.2. The molecule has 8 heteroatoms. The number of nitrogens with zero attached hydrogens (tertiary/aromatic N) is 2. The highest BCUT2D eigenvalue weighted by atomic mass is 32.2. The van der Waals surface area contributed by atoms with Crippen LogP contribution in [0.5, 0.6) is 0 Å². The van der Waals surface area contributed by atoms with Crippen LogP contribution in [0, 0.1) is 6.92 Å². The highest BCUT2D eigenvalue weighted by Crippen LogP contribution is 2.12. The van der Waals surface area contributed by atoms with E-state index in [4.69, 9.17) is 5.73 Å². The SMILES string of the molecule is Cc1ccncc1CNS(=O)(=O)c1[nH]ncc1CN. The molecule has 0 saturated heterocycles. The van der Waals surface area contributed by atoms with Crippen molar-refractivity contribution in [3.8, 4) is 0 Å². The molecule has 0 bridgehead atoms. The van der Waals surface area contributed by atoms with Crippen molar-refractivity contribution in [2.75, 3.05) is 0 Å². The Bertz CT molecular complexity index is 665. The van der Waals surface area contributed by atoms with Gasteiger partial charge in [-0.3, -0.25) is 10.1 Å². The summed E-state index contributed by atoms with van der Waals surface area (Å²) >= 11 is 0. The van der Waals surface area contributed by atoms with E-state index in [0.717, 1.165) is 11.1 Å². The maximum atomic E-state index is 12.1. The summed E-state index contributed by atoms with van der Waals surface area (Å²) in [7, 11) is -3.65. The van der Waals surface area contributed by atoms with Crippen LogP contribution in [0.4, 0.5) is 0 Å². The lowest BCUT2D eigenvalue weighted by Gasteiger charge is -2.08. The molecule has 2 aromatic heterocycles. The molecule has 0 atom stereocenters. The van der Waals surface area contributed by atoms with Crippen molar-refractivity contribution in [3.63, 3.8) is 0 Å². The Hall–Kier alpha value is -1.77. The quantitative estimate of drug-likeness (QED) is 0.716. The Morgan fingerprint density at radius 2 is 2.16 bits per heavy atom. The third-order valence-electron chi connectivity index (χ3n) is 2.77. The van der Waals surface area contributed by atoms with Gasteiger partial charge in [0.2, 0.25) is 0 Å². The van der Waals surface area contributed by atoms with Crippen LogP contribution in [0.1, 0.15) is 16.7 Å². The lowest BCUT2D eigenvalue weighted by atomic mass is 10.2. The van der Waals surface area contributed by atoms with Crippen LogP contribution in [-0.2, 0) is 23.1 Å². The third-order valence-corrected chi connectivity index (χ3v) is 4.18. The topological polar surface area (TPSA) is 114 Å². The van der Waals surface area contributed by atoms with Gasteiger partial charge in [-0.15, -0.1) is 0 Å². The van der Waals surface area contributed by atoms with Crippen LogP contribution < -0.4 is 10.5 Å². The number of H-pyrrole nitrogens is 1. The molecule has 0 aliphatic rings. The van der Waals surface area contributed by atoms with Gasteiger partial charge in [0.1, 0.15) is 0 Å². The number of aromatic amines is 1. The molecular formula is C11H15N5O2S. The molecule has 0 radical (unpaired) electrons. The van der Waals surface area contributed by atoms with Crippen molar-refractivity contribution in [2.45, 2.75) is 25.0 Å². The van der Waals surface area contributed by atoms with Gasteiger partial charge in [0.05, 0.1) is 6.20 Å². The van der Waals surface area contributed by atoms with Gasteiger partial charge in [-0.25, -0.2) is 13.1 Å². The lowest BCUT2D eigenvalue weighted by Crippen LogP contribution is -2.25. The third kappa shape index (κ3) is 2.98. The van der Waals surface area contributed by atoms with Crippen LogP contribution in [0.25, 0.3) is 0 Å². The fraction of sp³-hybridized carbons (Fsp3) is 0.273. The van der Waals surface area contributed by atoms with Gasteiger partial charge in [0.15, 0.2) is 5.03 Å². The standard InChI is InChI=1S/C11H15N5O2S/c1-8-2-3-13-5-10(8)7-15-19(17,18)11-9(4-12)6-14-16-11/h2-3,5-6,15H,4,7,12H2,1H3,(H,14,16). The van der Waals surface area contributed by atoms with Gasteiger partial charge in [0.25, 0.3) is 10.0 Å². The summed E-state index contributed by atoms with van der Waals surface area (Å²) < 4.78 is 26.7. The summed E-state index contributed by atoms with van der Waals surface area (Å²) in [6.07, 6.45) is 4.70. The average Bonchev–Trinajstić information content (AvgIpc) is 2.87. The average molecular weight is 281 g/mol. The van der Waals surface area contributed by atoms with Gasteiger partial charge >= 0.3 is 0 Å². The second-order valence-electron chi connectivity index (χ2n) is 4.06. The van der Waals surface area contributed by atoms with Crippen LogP contribution in [0.2, 0.25) is 0 Å². The van der Waals surface area contributed by atoms with Gasteiger partial charge in [-0.1, -0.05) is 0 Å². The van der Waals surface area contributed by atoms with Crippen molar-refractivity contribution in [2.24, 2.45) is 5.73 Å². The van der Waals surface area contributed by atoms with E-state index in [1.807, 2.05) is 13.0 Å². The molecule has 0 saturated carbocycles. The number of rotatable bonds is 5. The second-order valence-corrected chi connectivity index (χ2v) is 5.76. The first-order chi connectivity index (χ1) is 9.04. The Kier molecular flexibility index (Phi) is 3.93. The van der Waals surface area contributed by atoms with E-state index in [9.17, 15) is 8.42 Å². The van der Waals surface area contributed by atoms with E-state index in [1.165, 1.54) is 6.20 Å². The Balaban J connectivity index is 2.17. The van der Waals surface area contributed by atoms with Crippen molar-refractivity contribution in [1.82, 2.24) is 19.9 Å². The first-order valence-corrected chi connectivity index (χ1v) is 7.14. The Morgan fingerprint density at radius 3 is 2.84 bits per heavy atom. The monoisotopic (exact) mass is 281 g/mol. The number of pyridine rings is 1. The maximum absolute atomic E-state index is 12.1. The molecule has 0 aromatic carbocycles. The predicted octanol–water partition coefficient (Wildman–Crippen LogP) is 0.0503. The summed E-state index contributed by atoms with van der Waals surface area (Å²) in [5, 5.41) is 6.16. The molecule has 2 rings (SSSR count). The second kappa shape index (κ2) is 5.47. The fourth-order valence-electron chi connectivity index (χ4n) is 1.60. The van der Waals surface area contributed by atoms with Crippen molar-refractivity contribution in [1.29, 1.82) is 0 Å². The largest absolute Gasteiger partial charge is 0.326 e. The van der Waals surface area contributed by atoms with Gasteiger partial charge in [-0.05, 0) is 24.1 Å². The number of nitrogens with one attached hydrogen (secondary N) is 2. The van der Waals surface area contributed by atoms with Crippen molar-refractivity contribution < 1.29 is 8.42 Å². The predicted molar refractivity (Wildman–Crippen MR) is 69.5 cm³/mol. The maximum Gasteiger partial charge on any atom is 0.258 e. The van der Waals surface area contributed by atoms with Gasteiger partial charge < -0.3 is 5.73 Å². The molecule has 2 heterocycles. The molecule has 0 aliphatic carbocycles. The van der Waals surface area contributed by atoms with E-state index in [-0.39, 0.29) is 18.1 Å². The minimum absolute atomic E-state index is 0.0107. The Labute approximate surface area is 111 Å². The molecular weight excluding hydrogens is 266 g/mol. The zero-order valence-electron chi connectivity index (χ0n) is 10.4. The molecule has 7 nitrogen and oxygen atoms in total. The van der Waals surface area contributed by atoms with E-state index in [1.54, 1.807) is 12.4 Å². The highest BCUT2D eigenvalue weighted by Gasteiger charge is 2.19. The van der Waals surface area contributed by atoms with E-state index < -0.39 is 10.0 Å². The number of nitrogens with two attached hydrogens (primary N) is 1. The molecule has 0 amide bonds. The summed E-state index contributed by atoms with van der Waals surface area (Å²) in [5.41, 5.74) is 7.71. The number of sulfonamides is 1. The van der Waals surface area contributed by atoms with E-state index in [0.29, 0.717) is 5.56 Å². The van der Waals surface area contributed by atoms with Crippen molar-refractivity contribution >= 4 is 10.0 Å². The first-order valence-electron chi connectivity index (χ1n) is 5.66. The van der Waals surface area contributed by atoms with E-state index >= 15 is 0 Å². The molecule has 2 aromatic rings. The molecule has 0 fully saturated rings. The zero-order chi connectivity index (χ0) is 13.9. The van der Waals surface area contributed by atoms with Gasteiger partial charge in [0, 0.05) is 31.0 Å². The Morgan fingerprint density at radius 1 is 1.37 bits per heavy atom.